The Morgan fingerprint density at radius 2 is 2.04 bits per heavy atom. The molecular weight excluding hydrogens is 378 g/mol. The second-order valence-corrected chi connectivity index (χ2v) is 7.02. The van der Waals surface area contributed by atoms with Crippen LogP contribution in [-0.4, -0.2) is 32.3 Å². The number of hydrogen-bond acceptors (Lipinski definition) is 6. The van der Waals surface area contributed by atoms with Crippen LogP contribution in [0, 0.1) is 6.92 Å². The Morgan fingerprint density at radius 3 is 2.71 bits per heavy atom. The van der Waals surface area contributed by atoms with Crippen molar-refractivity contribution in [2.24, 2.45) is 0 Å². The molecule has 3 rings (SSSR count). The van der Waals surface area contributed by atoms with Gasteiger partial charge >= 0.3 is 0 Å². The van der Waals surface area contributed by atoms with Crippen molar-refractivity contribution < 1.29 is 14.0 Å². The zero-order chi connectivity index (χ0) is 20.1. The highest BCUT2D eigenvalue weighted by molar-refractivity contribution is 7.99. The average Bonchev–Trinajstić information content (AvgIpc) is 3.31. The molecular formula is C19H21N5O3S. The minimum absolute atomic E-state index is 0.159. The van der Waals surface area contributed by atoms with Gasteiger partial charge < -0.3 is 15.1 Å². The average molecular weight is 399 g/mol. The van der Waals surface area contributed by atoms with Gasteiger partial charge in [0.25, 0.3) is 0 Å². The zero-order valence-electron chi connectivity index (χ0n) is 15.9. The summed E-state index contributed by atoms with van der Waals surface area (Å²) in [6, 6.07) is 9.00. The highest BCUT2D eigenvalue weighted by Gasteiger charge is 2.16. The number of hydrogen-bond donors (Lipinski definition) is 2. The first-order chi connectivity index (χ1) is 13.5. The van der Waals surface area contributed by atoms with Gasteiger partial charge in [0.15, 0.2) is 16.7 Å². The van der Waals surface area contributed by atoms with Crippen molar-refractivity contribution in [1.82, 2.24) is 14.8 Å². The predicted octanol–water partition coefficient (Wildman–Crippen LogP) is 3.56. The van der Waals surface area contributed by atoms with Gasteiger partial charge in [-0.15, -0.1) is 10.2 Å². The lowest BCUT2D eigenvalue weighted by atomic mass is 10.2. The standard InChI is InChI=1S/C19H21N5O3S/c1-4-24-18(16-6-5-9-27-16)22-23-19(24)28-11-17(26)21-14-8-7-12(2)15(10-14)20-13(3)25/h5-10H,4,11H2,1-3H3,(H,20,25)(H,21,26). The summed E-state index contributed by atoms with van der Waals surface area (Å²) < 4.78 is 7.29. The number of thioether (sulfide) groups is 1. The quantitative estimate of drug-likeness (QED) is 0.589. The van der Waals surface area contributed by atoms with Crippen molar-refractivity contribution in [3.05, 3.63) is 42.2 Å². The van der Waals surface area contributed by atoms with Crippen LogP contribution >= 0.6 is 11.8 Å². The molecule has 0 saturated heterocycles. The molecule has 2 heterocycles. The molecule has 0 fully saturated rings. The summed E-state index contributed by atoms with van der Waals surface area (Å²) in [4.78, 5) is 23.6. The summed E-state index contributed by atoms with van der Waals surface area (Å²) in [5, 5.41) is 14.6. The molecule has 0 aliphatic rings. The Morgan fingerprint density at radius 1 is 1.21 bits per heavy atom. The largest absolute Gasteiger partial charge is 0.461 e. The molecule has 8 nitrogen and oxygen atoms in total. The Bertz CT molecular complexity index is 982. The fraction of sp³-hybridized carbons (Fsp3) is 0.263. The van der Waals surface area contributed by atoms with E-state index in [1.807, 2.05) is 30.5 Å². The molecule has 0 bridgehead atoms. The summed E-state index contributed by atoms with van der Waals surface area (Å²) in [5.41, 5.74) is 2.21. The minimum atomic E-state index is -0.173. The summed E-state index contributed by atoms with van der Waals surface area (Å²) in [6.45, 7) is 5.98. The lowest BCUT2D eigenvalue weighted by molar-refractivity contribution is -0.114. The van der Waals surface area contributed by atoms with Gasteiger partial charge in [-0.1, -0.05) is 17.8 Å². The molecule has 0 aliphatic carbocycles. The molecule has 1 aromatic carbocycles. The highest BCUT2D eigenvalue weighted by Crippen LogP contribution is 2.25. The molecule has 0 atom stereocenters. The third-order valence-corrected chi connectivity index (χ3v) is 4.91. The fourth-order valence-electron chi connectivity index (χ4n) is 2.62. The van der Waals surface area contributed by atoms with E-state index in [1.165, 1.54) is 18.7 Å². The molecule has 0 spiro atoms. The van der Waals surface area contributed by atoms with Crippen molar-refractivity contribution in [2.75, 3.05) is 16.4 Å². The van der Waals surface area contributed by atoms with Crippen LogP contribution in [0.25, 0.3) is 11.6 Å². The minimum Gasteiger partial charge on any atom is -0.461 e. The van der Waals surface area contributed by atoms with Crippen LogP contribution in [0.2, 0.25) is 0 Å². The number of nitrogens with zero attached hydrogens (tertiary/aromatic N) is 3. The second kappa shape index (κ2) is 8.75. The molecule has 0 radical (unpaired) electrons. The van der Waals surface area contributed by atoms with Gasteiger partial charge in [0.1, 0.15) is 0 Å². The first kappa shape index (κ1) is 19.7. The van der Waals surface area contributed by atoms with Gasteiger partial charge in [-0.05, 0) is 43.7 Å². The Kier molecular flexibility index (Phi) is 6.15. The van der Waals surface area contributed by atoms with Crippen molar-refractivity contribution in [2.45, 2.75) is 32.5 Å². The molecule has 2 N–H and O–H groups in total. The van der Waals surface area contributed by atoms with Crippen LogP contribution in [-0.2, 0) is 16.1 Å². The number of furan rings is 1. The molecule has 0 saturated carbocycles. The van der Waals surface area contributed by atoms with Crippen LogP contribution in [0.3, 0.4) is 0 Å². The van der Waals surface area contributed by atoms with Crippen molar-refractivity contribution in [3.8, 4) is 11.6 Å². The van der Waals surface area contributed by atoms with E-state index in [-0.39, 0.29) is 17.6 Å². The monoisotopic (exact) mass is 399 g/mol. The third kappa shape index (κ3) is 4.61. The SMILES string of the molecule is CCn1c(SCC(=O)Nc2ccc(C)c(NC(C)=O)c2)nnc1-c1ccco1. The number of aromatic nitrogens is 3. The van der Waals surface area contributed by atoms with Gasteiger partial charge in [0.05, 0.1) is 12.0 Å². The van der Waals surface area contributed by atoms with Crippen LogP contribution in [0.4, 0.5) is 11.4 Å². The van der Waals surface area contributed by atoms with E-state index < -0.39 is 0 Å². The second-order valence-electron chi connectivity index (χ2n) is 6.08. The van der Waals surface area contributed by atoms with Gasteiger partial charge in [-0.2, -0.15) is 0 Å². The van der Waals surface area contributed by atoms with Crippen LogP contribution < -0.4 is 10.6 Å². The van der Waals surface area contributed by atoms with Gasteiger partial charge in [-0.25, -0.2) is 0 Å². The molecule has 0 unspecified atom stereocenters. The normalized spacial score (nSPS) is 10.7. The predicted molar refractivity (Wildman–Crippen MR) is 108 cm³/mol. The van der Waals surface area contributed by atoms with Crippen molar-refractivity contribution >= 4 is 35.0 Å². The maximum Gasteiger partial charge on any atom is 0.234 e. The summed E-state index contributed by atoms with van der Waals surface area (Å²) in [5.74, 6) is 1.12. The Hall–Kier alpha value is -3.07. The third-order valence-electron chi connectivity index (χ3n) is 3.94. The zero-order valence-corrected chi connectivity index (χ0v) is 16.7. The van der Waals surface area contributed by atoms with E-state index in [2.05, 4.69) is 20.8 Å². The molecule has 28 heavy (non-hydrogen) atoms. The van der Waals surface area contributed by atoms with Crippen LogP contribution in [0.1, 0.15) is 19.4 Å². The van der Waals surface area contributed by atoms with Crippen molar-refractivity contribution in [3.63, 3.8) is 0 Å². The van der Waals surface area contributed by atoms with Crippen LogP contribution in [0.15, 0.2) is 46.2 Å². The fourth-order valence-corrected chi connectivity index (χ4v) is 3.42. The Balaban J connectivity index is 1.64. The van der Waals surface area contributed by atoms with Gasteiger partial charge in [-0.3, -0.25) is 14.2 Å². The number of rotatable bonds is 7. The molecule has 146 valence electrons. The lowest BCUT2D eigenvalue weighted by Gasteiger charge is -2.10. The summed E-state index contributed by atoms with van der Waals surface area (Å²) in [6.07, 6.45) is 1.58. The maximum absolute atomic E-state index is 12.3. The van der Waals surface area contributed by atoms with Gasteiger partial charge in [0, 0.05) is 24.8 Å². The lowest BCUT2D eigenvalue weighted by Crippen LogP contribution is -2.15. The molecule has 0 aliphatic heterocycles. The number of anilines is 2. The summed E-state index contributed by atoms with van der Waals surface area (Å²) >= 11 is 1.30. The smallest absolute Gasteiger partial charge is 0.234 e. The molecule has 9 heteroatoms. The first-order valence-electron chi connectivity index (χ1n) is 8.76. The molecule has 2 amide bonds. The Labute approximate surface area is 166 Å². The molecule has 2 aromatic heterocycles. The number of benzene rings is 1. The van der Waals surface area contributed by atoms with E-state index in [4.69, 9.17) is 4.42 Å². The number of aryl methyl sites for hydroxylation is 1. The molecule has 3 aromatic rings. The van der Waals surface area contributed by atoms with E-state index in [1.54, 1.807) is 24.5 Å². The van der Waals surface area contributed by atoms with E-state index in [0.717, 1.165) is 5.56 Å². The topological polar surface area (TPSA) is 102 Å². The van der Waals surface area contributed by atoms with E-state index >= 15 is 0 Å². The number of carbonyl (C=O) groups excluding carboxylic acids is 2. The number of carbonyl (C=O) groups is 2. The van der Waals surface area contributed by atoms with Crippen LogP contribution in [0.5, 0.6) is 0 Å². The maximum atomic E-state index is 12.3. The summed E-state index contributed by atoms with van der Waals surface area (Å²) in [7, 11) is 0. The number of amides is 2. The van der Waals surface area contributed by atoms with Crippen molar-refractivity contribution in [1.29, 1.82) is 0 Å². The number of nitrogens with one attached hydrogen (secondary N) is 2. The van der Waals surface area contributed by atoms with E-state index in [9.17, 15) is 9.59 Å². The van der Waals surface area contributed by atoms with E-state index in [0.29, 0.717) is 34.7 Å². The first-order valence-corrected chi connectivity index (χ1v) is 9.74. The highest BCUT2D eigenvalue weighted by atomic mass is 32.2. The van der Waals surface area contributed by atoms with Gasteiger partial charge in [0.2, 0.25) is 11.8 Å².